The Hall–Kier alpha value is -3.98. The molecule has 0 bridgehead atoms. The van der Waals surface area contributed by atoms with E-state index in [1.165, 1.54) is 24.3 Å². The van der Waals surface area contributed by atoms with Crippen molar-refractivity contribution < 1.29 is 33.0 Å². The van der Waals surface area contributed by atoms with Crippen LogP contribution in [0.3, 0.4) is 0 Å². The molecule has 3 aromatic carbocycles. The van der Waals surface area contributed by atoms with Gasteiger partial charge in [0.15, 0.2) is 0 Å². The zero-order valence-corrected chi connectivity index (χ0v) is 23.3. The number of amides is 1. The second kappa shape index (κ2) is 11.9. The Kier molecular flexibility index (Phi) is 8.26. The van der Waals surface area contributed by atoms with Gasteiger partial charge in [-0.1, -0.05) is 0 Å². The highest BCUT2D eigenvalue weighted by Crippen LogP contribution is 2.44. The molecular formula is C32H34F2N2O5. The molecule has 5 rings (SSSR count). The van der Waals surface area contributed by atoms with E-state index < -0.39 is 17.6 Å². The van der Waals surface area contributed by atoms with Crippen LogP contribution in [0.15, 0.2) is 54.6 Å². The first-order valence-electron chi connectivity index (χ1n) is 14.0. The minimum atomic E-state index is -0.993. The summed E-state index contributed by atoms with van der Waals surface area (Å²) in [4.78, 5) is 28.2. The van der Waals surface area contributed by atoms with E-state index in [1.54, 1.807) is 17.0 Å². The van der Waals surface area contributed by atoms with Crippen molar-refractivity contribution in [2.24, 2.45) is 5.41 Å². The number of piperidine rings is 1. The summed E-state index contributed by atoms with van der Waals surface area (Å²) in [5, 5.41) is 9.17. The minimum Gasteiger partial charge on any atom is -0.493 e. The summed E-state index contributed by atoms with van der Waals surface area (Å²) in [6.45, 7) is 7.33. The Morgan fingerprint density at radius 1 is 0.951 bits per heavy atom. The zero-order valence-electron chi connectivity index (χ0n) is 23.3. The van der Waals surface area contributed by atoms with Crippen molar-refractivity contribution in [3.63, 3.8) is 0 Å². The van der Waals surface area contributed by atoms with E-state index in [4.69, 9.17) is 14.6 Å². The first kappa shape index (κ1) is 28.5. The van der Waals surface area contributed by atoms with Crippen LogP contribution in [0.4, 0.5) is 14.5 Å². The highest BCUT2D eigenvalue weighted by atomic mass is 19.1. The molecule has 2 aliphatic rings. The van der Waals surface area contributed by atoms with Crippen LogP contribution in [0, 0.1) is 17.0 Å². The normalized spacial score (nSPS) is 16.8. The van der Waals surface area contributed by atoms with Crippen molar-refractivity contribution in [3.8, 4) is 22.6 Å². The van der Waals surface area contributed by atoms with Gasteiger partial charge in [0.1, 0.15) is 23.1 Å². The molecule has 0 aliphatic carbocycles. The summed E-state index contributed by atoms with van der Waals surface area (Å²) in [5.41, 5.74) is 2.45. The number of hydrogen-bond donors (Lipinski definition) is 1. The number of hydrogen-bond acceptors (Lipinski definition) is 5. The third kappa shape index (κ3) is 6.05. The van der Waals surface area contributed by atoms with Gasteiger partial charge in [-0.15, -0.1) is 0 Å². The van der Waals surface area contributed by atoms with Crippen molar-refractivity contribution >= 4 is 17.6 Å². The third-order valence-corrected chi connectivity index (χ3v) is 8.00. The molecule has 3 aromatic rings. The predicted molar refractivity (Wildman–Crippen MR) is 151 cm³/mol. The molecule has 1 spiro atoms. The number of carboxylic acids is 1. The molecule has 2 saturated heterocycles. The van der Waals surface area contributed by atoms with E-state index >= 15 is 0 Å². The lowest BCUT2D eigenvalue weighted by atomic mass is 9.77. The number of halogens is 2. The Bertz CT molecular complexity index is 1410. The summed E-state index contributed by atoms with van der Waals surface area (Å²) >= 11 is 0. The first-order valence-corrected chi connectivity index (χ1v) is 14.0. The number of nitrogens with zero attached hydrogens (tertiary/aromatic N) is 2. The molecule has 2 heterocycles. The molecule has 2 aliphatic heterocycles. The van der Waals surface area contributed by atoms with E-state index in [-0.39, 0.29) is 22.4 Å². The number of carboxylic acid groups (broad SMARTS) is 1. The minimum absolute atomic E-state index is 0.0628. The predicted octanol–water partition coefficient (Wildman–Crippen LogP) is 6.15. The lowest BCUT2D eigenvalue weighted by molar-refractivity contribution is -0.118. The van der Waals surface area contributed by atoms with Gasteiger partial charge in [0.2, 0.25) is 5.91 Å². The number of carbonyl (C=O) groups is 2. The van der Waals surface area contributed by atoms with Crippen LogP contribution in [0.1, 0.15) is 49.0 Å². The molecule has 0 radical (unpaired) electrons. The van der Waals surface area contributed by atoms with Crippen molar-refractivity contribution in [2.45, 2.75) is 39.7 Å². The Morgan fingerprint density at radius 2 is 1.59 bits per heavy atom. The van der Waals surface area contributed by atoms with Crippen LogP contribution in [-0.2, 0) is 11.3 Å². The van der Waals surface area contributed by atoms with Gasteiger partial charge in [0, 0.05) is 36.8 Å². The number of anilines is 1. The zero-order chi connectivity index (χ0) is 29.1. The molecule has 7 nitrogen and oxygen atoms in total. The summed E-state index contributed by atoms with van der Waals surface area (Å²) in [6, 6.07) is 13.7. The Morgan fingerprint density at radius 3 is 2.15 bits per heavy atom. The SMILES string of the molecule is CCOc1cc(CN2CCC3(CC2)CC(=O)N(c2ccc(C(=O)O)cc2)C3)cc(OCC)c1-c1ccc(F)cc1F. The maximum Gasteiger partial charge on any atom is 0.335 e. The molecule has 1 amide bonds. The van der Waals surface area contributed by atoms with Gasteiger partial charge in [-0.05, 0) is 99.3 Å². The van der Waals surface area contributed by atoms with Gasteiger partial charge in [0.25, 0.3) is 0 Å². The number of likely N-dealkylation sites (tertiary alicyclic amines) is 1. The molecule has 0 saturated carbocycles. The standard InChI is InChI=1S/C32H34F2N2O5/c1-3-40-27-15-21(16-28(41-4-2)30(27)25-10-7-23(33)17-26(25)34)19-35-13-11-32(12-14-35)18-29(37)36(20-32)24-8-5-22(6-9-24)31(38)39/h5-10,15-17H,3-4,11-14,18-20H2,1-2H3,(H,38,39). The highest BCUT2D eigenvalue weighted by molar-refractivity contribution is 5.97. The maximum atomic E-state index is 14.8. The van der Waals surface area contributed by atoms with Gasteiger partial charge < -0.3 is 19.5 Å². The average molecular weight is 565 g/mol. The highest BCUT2D eigenvalue weighted by Gasteiger charge is 2.45. The fraction of sp³-hybridized carbons (Fsp3) is 0.375. The van der Waals surface area contributed by atoms with Gasteiger partial charge in [-0.2, -0.15) is 0 Å². The fourth-order valence-corrected chi connectivity index (χ4v) is 5.93. The largest absolute Gasteiger partial charge is 0.493 e. The van der Waals surface area contributed by atoms with Crippen molar-refractivity contribution in [2.75, 3.05) is 37.7 Å². The van der Waals surface area contributed by atoms with Gasteiger partial charge >= 0.3 is 5.97 Å². The smallest absolute Gasteiger partial charge is 0.335 e. The molecule has 216 valence electrons. The third-order valence-electron chi connectivity index (χ3n) is 8.00. The van der Waals surface area contributed by atoms with E-state index in [1.807, 2.05) is 26.0 Å². The maximum absolute atomic E-state index is 14.8. The van der Waals surface area contributed by atoms with Crippen molar-refractivity contribution in [3.05, 3.63) is 77.4 Å². The van der Waals surface area contributed by atoms with Crippen molar-refractivity contribution in [1.82, 2.24) is 4.90 Å². The van der Waals surface area contributed by atoms with E-state index in [9.17, 15) is 18.4 Å². The number of rotatable bonds is 9. The molecule has 9 heteroatoms. The van der Waals surface area contributed by atoms with Crippen LogP contribution < -0.4 is 14.4 Å². The second-order valence-electron chi connectivity index (χ2n) is 10.7. The number of carbonyl (C=O) groups excluding carboxylic acids is 1. The van der Waals surface area contributed by atoms with Crippen LogP contribution in [0.2, 0.25) is 0 Å². The second-order valence-corrected chi connectivity index (χ2v) is 10.7. The summed E-state index contributed by atoms with van der Waals surface area (Å²) < 4.78 is 40.3. The lowest BCUT2D eigenvalue weighted by Gasteiger charge is -2.39. The Balaban J connectivity index is 1.31. The summed E-state index contributed by atoms with van der Waals surface area (Å²) in [7, 11) is 0. The van der Waals surface area contributed by atoms with Gasteiger partial charge in [-0.3, -0.25) is 9.69 Å². The topological polar surface area (TPSA) is 79.3 Å². The molecule has 0 aromatic heterocycles. The summed E-state index contributed by atoms with van der Waals surface area (Å²) in [6.07, 6.45) is 2.19. The molecule has 2 fully saturated rings. The van der Waals surface area contributed by atoms with Crippen LogP contribution in [0.25, 0.3) is 11.1 Å². The average Bonchev–Trinajstić information content (AvgIpc) is 3.26. The summed E-state index contributed by atoms with van der Waals surface area (Å²) in [5.74, 6) is -1.29. The van der Waals surface area contributed by atoms with Gasteiger partial charge in [0.05, 0.1) is 24.3 Å². The van der Waals surface area contributed by atoms with E-state index in [2.05, 4.69) is 4.90 Å². The van der Waals surface area contributed by atoms with Gasteiger partial charge in [-0.25, -0.2) is 13.6 Å². The molecule has 0 unspecified atom stereocenters. The van der Waals surface area contributed by atoms with Crippen LogP contribution >= 0.6 is 0 Å². The Labute approximate surface area is 238 Å². The van der Waals surface area contributed by atoms with E-state index in [0.717, 1.165) is 43.2 Å². The molecule has 41 heavy (non-hydrogen) atoms. The number of aromatic carboxylic acids is 1. The fourth-order valence-electron chi connectivity index (χ4n) is 5.93. The monoisotopic (exact) mass is 564 g/mol. The number of benzene rings is 3. The van der Waals surface area contributed by atoms with E-state index in [0.29, 0.717) is 49.8 Å². The lowest BCUT2D eigenvalue weighted by Crippen LogP contribution is -2.41. The van der Waals surface area contributed by atoms with Crippen LogP contribution in [0.5, 0.6) is 11.5 Å². The molecular weight excluding hydrogens is 530 g/mol. The van der Waals surface area contributed by atoms with Crippen LogP contribution in [-0.4, -0.2) is 54.7 Å². The quantitative estimate of drug-likeness (QED) is 0.336. The molecule has 1 N–H and O–H groups in total. The molecule has 0 atom stereocenters. The number of ether oxygens (including phenoxy) is 2. The van der Waals surface area contributed by atoms with Crippen molar-refractivity contribution in [1.29, 1.82) is 0 Å². The first-order chi connectivity index (χ1) is 19.7.